The van der Waals surface area contributed by atoms with Gasteiger partial charge in [-0.1, -0.05) is 12.8 Å². The van der Waals surface area contributed by atoms with Crippen LogP contribution in [-0.2, 0) is 0 Å². The fraction of sp³-hybridized carbons (Fsp3) is 1.00. The number of aliphatic hydroxyl groups is 1. The molecule has 2 fully saturated rings. The molecular formula is C14H28N2O. The number of piperidine rings is 1. The lowest BCUT2D eigenvalue weighted by Gasteiger charge is -2.39. The minimum Gasteiger partial charge on any atom is -0.396 e. The molecule has 2 aliphatic heterocycles. The molecule has 2 saturated heterocycles. The Morgan fingerprint density at radius 1 is 0.941 bits per heavy atom. The highest BCUT2D eigenvalue weighted by atomic mass is 16.3. The smallest absolute Gasteiger partial charge is 0.0443 e. The van der Waals surface area contributed by atoms with Gasteiger partial charge < -0.3 is 10.0 Å². The first kappa shape index (κ1) is 13.3. The van der Waals surface area contributed by atoms with Crippen LogP contribution in [0.25, 0.3) is 0 Å². The monoisotopic (exact) mass is 240 g/mol. The van der Waals surface area contributed by atoms with Crippen molar-refractivity contribution in [1.29, 1.82) is 0 Å². The molecule has 0 amide bonds. The summed E-state index contributed by atoms with van der Waals surface area (Å²) in [7, 11) is 0. The number of likely N-dealkylation sites (tertiary alicyclic amines) is 2. The molecule has 2 heterocycles. The Bertz CT molecular complexity index is 202. The number of aliphatic hydroxyl groups excluding tert-OH is 1. The Hall–Kier alpha value is -0.120. The fourth-order valence-corrected chi connectivity index (χ4v) is 3.29. The molecule has 3 nitrogen and oxygen atoms in total. The van der Waals surface area contributed by atoms with E-state index in [1.54, 1.807) is 0 Å². The van der Waals surface area contributed by atoms with Gasteiger partial charge in [-0.3, -0.25) is 4.90 Å². The number of rotatable bonds is 4. The van der Waals surface area contributed by atoms with Crippen molar-refractivity contribution in [3.63, 3.8) is 0 Å². The average molecular weight is 240 g/mol. The van der Waals surface area contributed by atoms with Crippen LogP contribution in [0.5, 0.6) is 0 Å². The first-order chi connectivity index (χ1) is 8.40. The van der Waals surface area contributed by atoms with E-state index in [-0.39, 0.29) is 0 Å². The van der Waals surface area contributed by atoms with Crippen LogP contribution in [-0.4, -0.2) is 60.3 Å². The molecule has 0 saturated carbocycles. The summed E-state index contributed by atoms with van der Waals surface area (Å²) in [6, 6.07) is 0.792. The molecule has 1 N–H and O–H groups in total. The van der Waals surface area contributed by atoms with Gasteiger partial charge in [-0.15, -0.1) is 0 Å². The minimum absolute atomic E-state index is 0.338. The van der Waals surface area contributed by atoms with Gasteiger partial charge in [-0.25, -0.2) is 0 Å². The standard InChI is InChI=1S/C14H28N2O/c17-12-6-9-15-8-5-7-14(13-15)16-10-3-1-2-4-11-16/h14,17H,1-13H2. The van der Waals surface area contributed by atoms with Crippen molar-refractivity contribution in [3.05, 3.63) is 0 Å². The number of hydrogen-bond acceptors (Lipinski definition) is 3. The molecule has 0 spiro atoms. The van der Waals surface area contributed by atoms with Crippen LogP contribution >= 0.6 is 0 Å². The molecule has 2 aliphatic rings. The molecule has 0 bridgehead atoms. The molecular weight excluding hydrogens is 212 g/mol. The summed E-state index contributed by atoms with van der Waals surface area (Å²) in [5.41, 5.74) is 0. The van der Waals surface area contributed by atoms with Crippen LogP contribution in [0.3, 0.4) is 0 Å². The van der Waals surface area contributed by atoms with E-state index >= 15 is 0 Å². The zero-order chi connectivity index (χ0) is 11.9. The van der Waals surface area contributed by atoms with Gasteiger partial charge in [0.1, 0.15) is 0 Å². The Balaban J connectivity index is 1.78. The van der Waals surface area contributed by atoms with Crippen molar-refractivity contribution in [1.82, 2.24) is 9.80 Å². The molecule has 0 aliphatic carbocycles. The van der Waals surface area contributed by atoms with E-state index in [0.29, 0.717) is 6.61 Å². The quantitative estimate of drug-likeness (QED) is 0.810. The summed E-state index contributed by atoms with van der Waals surface area (Å²) in [5, 5.41) is 8.91. The lowest BCUT2D eigenvalue weighted by Crippen LogP contribution is -2.48. The summed E-state index contributed by atoms with van der Waals surface area (Å²) in [5.74, 6) is 0. The molecule has 0 aromatic heterocycles. The van der Waals surface area contributed by atoms with Crippen molar-refractivity contribution in [3.8, 4) is 0 Å². The van der Waals surface area contributed by atoms with Gasteiger partial charge in [0.15, 0.2) is 0 Å². The third-order valence-corrected chi connectivity index (χ3v) is 4.27. The zero-order valence-corrected chi connectivity index (χ0v) is 11.1. The number of nitrogens with zero attached hydrogens (tertiary/aromatic N) is 2. The van der Waals surface area contributed by atoms with Crippen molar-refractivity contribution >= 4 is 0 Å². The van der Waals surface area contributed by atoms with Crippen LogP contribution < -0.4 is 0 Å². The van der Waals surface area contributed by atoms with Gasteiger partial charge in [0.2, 0.25) is 0 Å². The highest BCUT2D eigenvalue weighted by molar-refractivity contribution is 4.81. The zero-order valence-electron chi connectivity index (χ0n) is 11.1. The number of hydrogen-bond donors (Lipinski definition) is 1. The van der Waals surface area contributed by atoms with Crippen molar-refractivity contribution in [2.75, 3.05) is 39.3 Å². The summed E-state index contributed by atoms with van der Waals surface area (Å²) in [6.45, 7) is 6.53. The third-order valence-electron chi connectivity index (χ3n) is 4.27. The Morgan fingerprint density at radius 2 is 1.71 bits per heavy atom. The SMILES string of the molecule is OCCCN1CCCC(N2CCCCCC2)C1. The molecule has 3 heteroatoms. The molecule has 1 atom stereocenters. The normalized spacial score (nSPS) is 29.1. The first-order valence-corrected chi connectivity index (χ1v) is 7.47. The lowest BCUT2D eigenvalue weighted by molar-refractivity contribution is 0.0951. The van der Waals surface area contributed by atoms with Crippen LogP contribution in [0.2, 0.25) is 0 Å². The van der Waals surface area contributed by atoms with Crippen molar-refractivity contribution in [2.24, 2.45) is 0 Å². The van der Waals surface area contributed by atoms with Gasteiger partial charge >= 0.3 is 0 Å². The van der Waals surface area contributed by atoms with E-state index in [1.165, 1.54) is 64.7 Å². The van der Waals surface area contributed by atoms with Crippen molar-refractivity contribution < 1.29 is 5.11 Å². The molecule has 100 valence electrons. The average Bonchev–Trinajstić information content (AvgIpc) is 2.65. The molecule has 0 radical (unpaired) electrons. The van der Waals surface area contributed by atoms with Crippen LogP contribution in [0.4, 0.5) is 0 Å². The molecule has 17 heavy (non-hydrogen) atoms. The second-order valence-electron chi connectivity index (χ2n) is 5.62. The first-order valence-electron chi connectivity index (χ1n) is 7.47. The highest BCUT2D eigenvalue weighted by Gasteiger charge is 2.25. The molecule has 0 aromatic rings. The maximum Gasteiger partial charge on any atom is 0.0443 e. The Labute approximate surface area is 106 Å². The molecule has 0 aromatic carbocycles. The fourth-order valence-electron chi connectivity index (χ4n) is 3.29. The Morgan fingerprint density at radius 3 is 2.41 bits per heavy atom. The third kappa shape index (κ3) is 4.23. The minimum atomic E-state index is 0.338. The van der Waals surface area contributed by atoms with E-state index < -0.39 is 0 Å². The topological polar surface area (TPSA) is 26.7 Å². The maximum atomic E-state index is 8.91. The van der Waals surface area contributed by atoms with E-state index in [0.717, 1.165) is 19.0 Å². The predicted molar refractivity (Wildman–Crippen MR) is 71.2 cm³/mol. The van der Waals surface area contributed by atoms with E-state index in [4.69, 9.17) is 5.11 Å². The van der Waals surface area contributed by atoms with E-state index in [1.807, 2.05) is 0 Å². The Kier molecular flexibility index (Phi) is 5.75. The molecule has 2 rings (SSSR count). The van der Waals surface area contributed by atoms with Gasteiger partial charge in [-0.05, 0) is 51.7 Å². The second kappa shape index (κ2) is 7.34. The predicted octanol–water partition coefficient (Wildman–Crippen LogP) is 1.71. The van der Waals surface area contributed by atoms with Gasteiger partial charge in [0.05, 0.1) is 0 Å². The second-order valence-corrected chi connectivity index (χ2v) is 5.62. The molecule has 1 unspecified atom stereocenters. The van der Waals surface area contributed by atoms with Crippen molar-refractivity contribution in [2.45, 2.75) is 51.0 Å². The van der Waals surface area contributed by atoms with Crippen LogP contribution in [0.1, 0.15) is 44.9 Å². The van der Waals surface area contributed by atoms with Gasteiger partial charge in [-0.2, -0.15) is 0 Å². The van der Waals surface area contributed by atoms with Crippen LogP contribution in [0.15, 0.2) is 0 Å². The van der Waals surface area contributed by atoms with E-state index in [9.17, 15) is 0 Å². The van der Waals surface area contributed by atoms with Crippen LogP contribution in [0, 0.1) is 0 Å². The highest BCUT2D eigenvalue weighted by Crippen LogP contribution is 2.20. The van der Waals surface area contributed by atoms with E-state index in [2.05, 4.69) is 9.80 Å². The summed E-state index contributed by atoms with van der Waals surface area (Å²) >= 11 is 0. The lowest BCUT2D eigenvalue weighted by atomic mass is 10.0. The van der Waals surface area contributed by atoms with Gasteiger partial charge in [0, 0.05) is 25.7 Å². The largest absolute Gasteiger partial charge is 0.396 e. The summed E-state index contributed by atoms with van der Waals surface area (Å²) in [6.07, 6.45) is 9.31. The summed E-state index contributed by atoms with van der Waals surface area (Å²) < 4.78 is 0. The maximum absolute atomic E-state index is 8.91. The van der Waals surface area contributed by atoms with Gasteiger partial charge in [0.25, 0.3) is 0 Å². The summed E-state index contributed by atoms with van der Waals surface area (Å²) in [4.78, 5) is 5.29.